The zero-order chi connectivity index (χ0) is 19.3. The summed E-state index contributed by atoms with van der Waals surface area (Å²) in [5.41, 5.74) is 0.826. The molecule has 1 atom stereocenters. The van der Waals surface area contributed by atoms with Crippen molar-refractivity contribution in [3.63, 3.8) is 0 Å². The molecule has 1 aliphatic rings. The lowest BCUT2D eigenvalue weighted by Gasteiger charge is -2.27. The Hall–Kier alpha value is -3.07. The zero-order valence-electron chi connectivity index (χ0n) is 14.3. The Morgan fingerprint density at radius 2 is 1.96 bits per heavy atom. The second-order valence-electron chi connectivity index (χ2n) is 5.90. The second kappa shape index (κ2) is 8.09. The van der Waals surface area contributed by atoms with Gasteiger partial charge in [-0.1, -0.05) is 30.3 Å². The third-order valence-electron chi connectivity index (χ3n) is 3.93. The van der Waals surface area contributed by atoms with Crippen LogP contribution in [-0.2, 0) is 25.9 Å². The fourth-order valence-corrected chi connectivity index (χ4v) is 3.91. The number of hydrogen-bond donors (Lipinski definition) is 0. The first-order chi connectivity index (χ1) is 12.9. The number of carbonyl (C=O) groups is 2. The van der Waals surface area contributed by atoms with Gasteiger partial charge in [-0.2, -0.15) is 0 Å². The molecule has 0 spiro atoms. The van der Waals surface area contributed by atoms with E-state index in [0.717, 1.165) is 11.0 Å². The molecule has 0 fully saturated rings. The van der Waals surface area contributed by atoms with Gasteiger partial charge in [-0.15, -0.1) is 0 Å². The predicted molar refractivity (Wildman–Crippen MR) is 96.0 cm³/mol. The molecule has 2 heterocycles. The monoisotopic (exact) mass is 387 g/mol. The first kappa shape index (κ1) is 18.7. The minimum atomic E-state index is -3.34. The van der Waals surface area contributed by atoms with Crippen LogP contribution in [0.3, 0.4) is 0 Å². The Kier molecular flexibility index (Phi) is 5.60. The fourth-order valence-electron chi connectivity index (χ4n) is 2.61. The van der Waals surface area contributed by atoms with Gasteiger partial charge in [0.2, 0.25) is 0 Å². The molecule has 0 N–H and O–H groups in total. The van der Waals surface area contributed by atoms with Crippen molar-refractivity contribution in [3.05, 3.63) is 71.7 Å². The maximum absolute atomic E-state index is 12.7. The molecular formula is C18H17N3O5S. The maximum Gasteiger partial charge on any atom is 0.359 e. The molecule has 1 amide bonds. The van der Waals surface area contributed by atoms with Crippen molar-refractivity contribution in [1.82, 2.24) is 14.9 Å². The Balaban J connectivity index is 1.71. The van der Waals surface area contributed by atoms with E-state index < -0.39 is 34.4 Å². The van der Waals surface area contributed by atoms with E-state index in [2.05, 4.69) is 9.97 Å². The van der Waals surface area contributed by atoms with Crippen LogP contribution >= 0.6 is 0 Å². The lowest BCUT2D eigenvalue weighted by molar-refractivity contribution is -0.136. The fraction of sp³-hybridized carbons (Fsp3) is 0.222. The summed E-state index contributed by atoms with van der Waals surface area (Å²) in [6.07, 6.45) is 5.46. The Labute approximate surface area is 156 Å². The van der Waals surface area contributed by atoms with Crippen molar-refractivity contribution in [1.29, 1.82) is 0 Å². The SMILES string of the molecule is O=C(OCC(=O)N(Cc1ccccc1)[C@@H]1C=CS(=O)(=O)C1)c1cnccn1. The largest absolute Gasteiger partial charge is 0.451 e. The smallest absolute Gasteiger partial charge is 0.359 e. The highest BCUT2D eigenvalue weighted by molar-refractivity contribution is 7.94. The van der Waals surface area contributed by atoms with Gasteiger partial charge in [-0.25, -0.2) is 18.2 Å². The standard InChI is InChI=1S/C18H17N3O5S/c22-17(12-26-18(23)16-10-19-7-8-20-16)21(11-14-4-2-1-3-5-14)15-6-9-27(24,25)13-15/h1-10,15H,11-13H2/t15-/m1/s1. The highest BCUT2D eigenvalue weighted by Gasteiger charge is 2.31. The summed E-state index contributed by atoms with van der Waals surface area (Å²) < 4.78 is 28.5. The number of esters is 1. The minimum absolute atomic E-state index is 0.0109. The van der Waals surface area contributed by atoms with Gasteiger partial charge in [-0.05, 0) is 11.6 Å². The quantitative estimate of drug-likeness (QED) is 0.680. The van der Waals surface area contributed by atoms with Gasteiger partial charge < -0.3 is 9.64 Å². The van der Waals surface area contributed by atoms with E-state index in [1.54, 1.807) is 0 Å². The summed E-state index contributed by atoms with van der Waals surface area (Å²) in [6.45, 7) is -0.320. The summed E-state index contributed by atoms with van der Waals surface area (Å²) in [5, 5.41) is 1.11. The van der Waals surface area contributed by atoms with Crippen molar-refractivity contribution in [2.75, 3.05) is 12.4 Å². The average Bonchev–Trinajstić information content (AvgIpc) is 3.05. The Morgan fingerprint density at radius 1 is 1.19 bits per heavy atom. The molecule has 3 rings (SSSR count). The van der Waals surface area contributed by atoms with Crippen LogP contribution in [0.15, 0.2) is 60.4 Å². The number of carbonyl (C=O) groups excluding carboxylic acids is 2. The highest BCUT2D eigenvalue weighted by Crippen LogP contribution is 2.18. The van der Waals surface area contributed by atoms with Crippen LogP contribution in [-0.4, -0.2) is 53.6 Å². The molecule has 1 aromatic carbocycles. The molecule has 0 radical (unpaired) electrons. The molecule has 0 unspecified atom stereocenters. The number of sulfone groups is 1. The minimum Gasteiger partial charge on any atom is -0.451 e. The van der Waals surface area contributed by atoms with Crippen LogP contribution in [0.1, 0.15) is 16.1 Å². The Bertz CT molecular complexity index is 945. The van der Waals surface area contributed by atoms with E-state index in [1.165, 1.54) is 29.6 Å². The van der Waals surface area contributed by atoms with Gasteiger partial charge in [0, 0.05) is 24.3 Å². The molecule has 27 heavy (non-hydrogen) atoms. The number of amides is 1. The number of aromatic nitrogens is 2. The third kappa shape index (κ3) is 4.98. The van der Waals surface area contributed by atoms with Crippen LogP contribution in [0.4, 0.5) is 0 Å². The van der Waals surface area contributed by atoms with Crippen molar-refractivity contribution in [2.24, 2.45) is 0 Å². The predicted octanol–water partition coefficient (Wildman–Crippen LogP) is 0.973. The first-order valence-electron chi connectivity index (χ1n) is 8.12. The van der Waals surface area contributed by atoms with Gasteiger partial charge in [0.05, 0.1) is 18.0 Å². The lowest BCUT2D eigenvalue weighted by atomic mass is 10.2. The molecule has 9 heteroatoms. The van der Waals surface area contributed by atoms with Crippen molar-refractivity contribution < 1.29 is 22.7 Å². The van der Waals surface area contributed by atoms with Crippen LogP contribution in [0, 0.1) is 0 Å². The Morgan fingerprint density at radius 3 is 2.59 bits per heavy atom. The summed E-state index contributed by atoms with van der Waals surface area (Å²) in [5.74, 6) is -1.46. The molecule has 0 saturated carbocycles. The molecule has 0 aliphatic carbocycles. The summed E-state index contributed by atoms with van der Waals surface area (Å²) in [7, 11) is -3.34. The van der Waals surface area contributed by atoms with Crippen molar-refractivity contribution in [3.8, 4) is 0 Å². The summed E-state index contributed by atoms with van der Waals surface area (Å²) in [6, 6.07) is 8.55. The molecule has 2 aromatic rings. The van der Waals surface area contributed by atoms with Gasteiger partial charge in [-0.3, -0.25) is 9.78 Å². The lowest BCUT2D eigenvalue weighted by Crippen LogP contribution is -2.42. The number of nitrogens with zero attached hydrogens (tertiary/aromatic N) is 3. The summed E-state index contributed by atoms with van der Waals surface area (Å²) in [4.78, 5) is 33.6. The topological polar surface area (TPSA) is 107 Å². The van der Waals surface area contributed by atoms with Gasteiger partial charge in [0.25, 0.3) is 5.91 Å². The van der Waals surface area contributed by atoms with Crippen LogP contribution in [0.25, 0.3) is 0 Å². The van der Waals surface area contributed by atoms with Gasteiger partial charge in [0.15, 0.2) is 22.1 Å². The number of benzene rings is 1. The van der Waals surface area contributed by atoms with E-state index in [1.807, 2.05) is 30.3 Å². The molecule has 0 saturated heterocycles. The number of ether oxygens (including phenoxy) is 1. The first-order valence-corrected chi connectivity index (χ1v) is 9.84. The van der Waals surface area contributed by atoms with Crippen LogP contribution in [0.2, 0.25) is 0 Å². The molecule has 8 nitrogen and oxygen atoms in total. The van der Waals surface area contributed by atoms with Crippen molar-refractivity contribution in [2.45, 2.75) is 12.6 Å². The van der Waals surface area contributed by atoms with E-state index in [4.69, 9.17) is 4.74 Å². The molecule has 0 bridgehead atoms. The van der Waals surface area contributed by atoms with E-state index in [-0.39, 0.29) is 18.0 Å². The average molecular weight is 387 g/mol. The van der Waals surface area contributed by atoms with Gasteiger partial charge >= 0.3 is 5.97 Å². The van der Waals surface area contributed by atoms with Crippen LogP contribution < -0.4 is 0 Å². The van der Waals surface area contributed by atoms with Crippen molar-refractivity contribution >= 4 is 21.7 Å². The molecule has 140 valence electrons. The molecular weight excluding hydrogens is 370 g/mol. The highest BCUT2D eigenvalue weighted by atomic mass is 32.2. The number of hydrogen-bond acceptors (Lipinski definition) is 7. The molecule has 1 aromatic heterocycles. The van der Waals surface area contributed by atoms with E-state index in [9.17, 15) is 18.0 Å². The van der Waals surface area contributed by atoms with Crippen LogP contribution in [0.5, 0.6) is 0 Å². The van der Waals surface area contributed by atoms with E-state index >= 15 is 0 Å². The maximum atomic E-state index is 12.7. The third-order valence-corrected chi connectivity index (χ3v) is 5.30. The second-order valence-corrected chi connectivity index (χ2v) is 7.83. The summed E-state index contributed by atoms with van der Waals surface area (Å²) >= 11 is 0. The van der Waals surface area contributed by atoms with E-state index in [0.29, 0.717) is 0 Å². The van der Waals surface area contributed by atoms with Gasteiger partial charge in [0.1, 0.15) is 0 Å². The normalized spacial score (nSPS) is 17.4. The number of rotatable bonds is 6. The zero-order valence-corrected chi connectivity index (χ0v) is 15.1. The molecule has 1 aliphatic heterocycles.